The van der Waals surface area contributed by atoms with E-state index in [9.17, 15) is 9.59 Å². The van der Waals surface area contributed by atoms with Gasteiger partial charge in [0, 0.05) is 0 Å². The number of unbranched alkanes of at least 4 members (excludes halogenated alkanes) is 4. The smallest absolute Gasteiger partial charge is 0.320 e. The van der Waals surface area contributed by atoms with Gasteiger partial charge >= 0.3 is 11.9 Å². The Morgan fingerprint density at radius 1 is 1.05 bits per heavy atom. The highest BCUT2D eigenvalue weighted by atomic mass is 16.5. The first-order valence-electron chi connectivity index (χ1n) is 8.08. The summed E-state index contributed by atoms with van der Waals surface area (Å²) in [6, 6.07) is 10.4. The second-order valence-electron chi connectivity index (χ2n) is 5.43. The van der Waals surface area contributed by atoms with Crippen LogP contribution in [0.5, 0.6) is 0 Å². The largest absolute Gasteiger partial charge is 0.481 e. The molecule has 0 radical (unpaired) electrons. The molecule has 0 amide bonds. The van der Waals surface area contributed by atoms with Crippen molar-refractivity contribution in [2.45, 2.75) is 51.9 Å². The molecule has 0 saturated carbocycles. The van der Waals surface area contributed by atoms with E-state index < -0.39 is 17.9 Å². The first-order chi connectivity index (χ1) is 10.6. The summed E-state index contributed by atoms with van der Waals surface area (Å²) in [6.07, 6.45) is 6.51. The van der Waals surface area contributed by atoms with Gasteiger partial charge in [0.25, 0.3) is 0 Å². The molecule has 22 heavy (non-hydrogen) atoms. The van der Waals surface area contributed by atoms with Gasteiger partial charge in [-0.25, -0.2) is 0 Å². The first-order valence-corrected chi connectivity index (χ1v) is 8.08. The molecule has 1 aromatic rings. The molecule has 0 unspecified atom stereocenters. The maximum absolute atomic E-state index is 11.5. The van der Waals surface area contributed by atoms with Crippen LogP contribution in [0.25, 0.3) is 0 Å². The third kappa shape index (κ3) is 7.25. The molecular formula is C18H26O4. The highest BCUT2D eigenvalue weighted by Gasteiger charge is 2.26. The van der Waals surface area contributed by atoms with Crippen LogP contribution in [0.4, 0.5) is 0 Å². The number of carboxylic acid groups (broad SMARTS) is 1. The number of esters is 1. The Morgan fingerprint density at radius 2 is 1.68 bits per heavy atom. The van der Waals surface area contributed by atoms with Gasteiger partial charge in [0.15, 0.2) is 5.92 Å². The van der Waals surface area contributed by atoms with Crippen LogP contribution in [0.1, 0.15) is 51.0 Å². The summed E-state index contributed by atoms with van der Waals surface area (Å²) < 4.78 is 4.79. The molecule has 1 atom stereocenters. The fourth-order valence-electron chi connectivity index (χ4n) is 2.44. The quantitative estimate of drug-likeness (QED) is 0.383. The zero-order valence-electron chi connectivity index (χ0n) is 13.3. The molecule has 0 saturated heterocycles. The lowest BCUT2D eigenvalue weighted by atomic mass is 10.00. The van der Waals surface area contributed by atoms with Gasteiger partial charge in [-0.2, -0.15) is 0 Å². The third-order valence-corrected chi connectivity index (χ3v) is 3.67. The molecule has 0 fully saturated rings. The van der Waals surface area contributed by atoms with E-state index in [1.807, 2.05) is 6.07 Å². The van der Waals surface area contributed by atoms with Crippen LogP contribution in [-0.4, -0.2) is 23.7 Å². The molecule has 4 heteroatoms. The van der Waals surface area contributed by atoms with Crippen molar-refractivity contribution in [3.8, 4) is 0 Å². The van der Waals surface area contributed by atoms with Gasteiger partial charge in [-0.3, -0.25) is 9.59 Å². The number of hydrogen-bond acceptors (Lipinski definition) is 3. The molecule has 1 N–H and O–H groups in total. The summed E-state index contributed by atoms with van der Waals surface area (Å²) in [7, 11) is 0. The number of carbonyl (C=O) groups is 2. The van der Waals surface area contributed by atoms with Crippen molar-refractivity contribution in [1.29, 1.82) is 0 Å². The van der Waals surface area contributed by atoms with Crippen molar-refractivity contribution in [3.05, 3.63) is 35.9 Å². The normalized spacial score (nSPS) is 11.9. The number of rotatable bonds is 11. The minimum Gasteiger partial charge on any atom is -0.481 e. The number of carboxylic acids is 1. The Hall–Kier alpha value is -1.84. The SMILES string of the molecule is CCOC(=O)[C@H](CCCCCCCc1ccccc1)C(=O)O. The summed E-state index contributed by atoms with van der Waals surface area (Å²) >= 11 is 0. The summed E-state index contributed by atoms with van der Waals surface area (Å²) in [5.41, 5.74) is 1.36. The molecule has 122 valence electrons. The monoisotopic (exact) mass is 306 g/mol. The standard InChI is InChI=1S/C18H26O4/c1-2-22-18(21)16(17(19)20)14-10-5-3-4-7-11-15-12-8-6-9-13-15/h6,8-9,12-13,16H,2-5,7,10-11,14H2,1H3,(H,19,20)/t16-/m1/s1. The Kier molecular flexibility index (Phi) is 8.96. The van der Waals surface area contributed by atoms with E-state index in [4.69, 9.17) is 9.84 Å². The van der Waals surface area contributed by atoms with Gasteiger partial charge in [0.05, 0.1) is 6.61 Å². The van der Waals surface area contributed by atoms with Crippen molar-refractivity contribution in [2.24, 2.45) is 5.92 Å². The molecule has 4 nitrogen and oxygen atoms in total. The Balaban J connectivity index is 2.10. The molecule has 0 heterocycles. The molecule has 1 rings (SSSR count). The molecule has 0 bridgehead atoms. The van der Waals surface area contributed by atoms with Crippen LogP contribution >= 0.6 is 0 Å². The van der Waals surface area contributed by atoms with Crippen molar-refractivity contribution in [1.82, 2.24) is 0 Å². The van der Waals surface area contributed by atoms with E-state index in [1.54, 1.807) is 6.92 Å². The Labute approximate surface area is 132 Å². The van der Waals surface area contributed by atoms with E-state index >= 15 is 0 Å². The zero-order chi connectivity index (χ0) is 16.2. The molecular weight excluding hydrogens is 280 g/mol. The molecule has 1 aromatic carbocycles. The van der Waals surface area contributed by atoms with Crippen molar-refractivity contribution in [3.63, 3.8) is 0 Å². The average Bonchev–Trinajstić information content (AvgIpc) is 2.50. The van der Waals surface area contributed by atoms with Crippen LogP contribution in [0, 0.1) is 5.92 Å². The predicted octanol–water partition coefficient (Wildman–Crippen LogP) is 3.83. The number of ether oxygens (including phenoxy) is 1. The summed E-state index contributed by atoms with van der Waals surface area (Å²) in [5, 5.41) is 9.04. The average molecular weight is 306 g/mol. The summed E-state index contributed by atoms with van der Waals surface area (Å²) in [5.74, 6) is -2.70. The van der Waals surface area contributed by atoms with Crippen LogP contribution in [0.2, 0.25) is 0 Å². The molecule has 0 aliphatic rings. The molecule has 0 aromatic heterocycles. The molecule has 0 spiro atoms. The van der Waals surface area contributed by atoms with Crippen molar-refractivity contribution >= 4 is 11.9 Å². The minimum absolute atomic E-state index is 0.224. The zero-order valence-corrected chi connectivity index (χ0v) is 13.3. The maximum atomic E-state index is 11.5. The minimum atomic E-state index is -1.08. The number of hydrogen-bond donors (Lipinski definition) is 1. The molecule has 0 aliphatic carbocycles. The van der Waals surface area contributed by atoms with Crippen LogP contribution in [-0.2, 0) is 20.7 Å². The topological polar surface area (TPSA) is 63.6 Å². The predicted molar refractivity (Wildman–Crippen MR) is 85.6 cm³/mol. The fourth-order valence-corrected chi connectivity index (χ4v) is 2.44. The van der Waals surface area contributed by atoms with E-state index in [0.29, 0.717) is 6.42 Å². The van der Waals surface area contributed by atoms with Crippen molar-refractivity contribution < 1.29 is 19.4 Å². The van der Waals surface area contributed by atoms with Crippen LogP contribution in [0.15, 0.2) is 30.3 Å². The number of carbonyl (C=O) groups excluding carboxylic acids is 1. The molecule has 0 aliphatic heterocycles. The lowest BCUT2D eigenvalue weighted by molar-refractivity contribution is -0.158. The lowest BCUT2D eigenvalue weighted by Crippen LogP contribution is -2.25. The van der Waals surface area contributed by atoms with E-state index in [1.165, 1.54) is 5.56 Å². The lowest BCUT2D eigenvalue weighted by Gasteiger charge is -2.10. The van der Waals surface area contributed by atoms with Gasteiger partial charge in [0.1, 0.15) is 0 Å². The van der Waals surface area contributed by atoms with Gasteiger partial charge in [-0.05, 0) is 31.7 Å². The van der Waals surface area contributed by atoms with Crippen LogP contribution < -0.4 is 0 Å². The van der Waals surface area contributed by atoms with Gasteiger partial charge in [-0.1, -0.05) is 56.0 Å². The van der Waals surface area contributed by atoms with E-state index in [-0.39, 0.29) is 6.61 Å². The summed E-state index contributed by atoms with van der Waals surface area (Å²) in [6.45, 7) is 1.91. The highest BCUT2D eigenvalue weighted by Crippen LogP contribution is 2.15. The van der Waals surface area contributed by atoms with Crippen molar-refractivity contribution in [2.75, 3.05) is 6.61 Å². The van der Waals surface area contributed by atoms with Gasteiger partial charge in [0.2, 0.25) is 0 Å². The summed E-state index contributed by atoms with van der Waals surface area (Å²) in [4.78, 5) is 22.5. The second kappa shape index (κ2) is 10.8. The fraction of sp³-hybridized carbons (Fsp3) is 0.556. The number of benzene rings is 1. The Bertz CT molecular complexity index is 442. The number of aryl methyl sites for hydroxylation is 1. The second-order valence-corrected chi connectivity index (χ2v) is 5.43. The highest BCUT2D eigenvalue weighted by molar-refractivity contribution is 5.93. The van der Waals surface area contributed by atoms with E-state index in [0.717, 1.165) is 38.5 Å². The van der Waals surface area contributed by atoms with E-state index in [2.05, 4.69) is 24.3 Å². The maximum Gasteiger partial charge on any atom is 0.320 e. The third-order valence-electron chi connectivity index (χ3n) is 3.67. The van der Waals surface area contributed by atoms with Gasteiger partial charge in [-0.15, -0.1) is 0 Å². The Morgan fingerprint density at radius 3 is 2.32 bits per heavy atom. The number of aliphatic carboxylic acids is 1. The van der Waals surface area contributed by atoms with Gasteiger partial charge < -0.3 is 9.84 Å². The first kappa shape index (κ1) is 18.2. The van der Waals surface area contributed by atoms with Crippen LogP contribution in [0.3, 0.4) is 0 Å².